The molecule has 0 saturated carbocycles. The molecule has 0 saturated heterocycles. The Kier molecular flexibility index (Phi) is 3.71. The molecule has 4 nitrogen and oxygen atoms in total. The first-order chi connectivity index (χ1) is 9.08. The molecule has 19 heavy (non-hydrogen) atoms. The smallest absolute Gasteiger partial charge is 0.248 e. The van der Waals surface area contributed by atoms with Crippen molar-refractivity contribution in [2.45, 2.75) is 13.5 Å². The molecule has 0 fully saturated rings. The van der Waals surface area contributed by atoms with Crippen molar-refractivity contribution in [2.24, 2.45) is 5.73 Å². The minimum atomic E-state index is -0.443. The third kappa shape index (κ3) is 3.04. The summed E-state index contributed by atoms with van der Waals surface area (Å²) in [6.45, 7) is 2.27. The zero-order chi connectivity index (χ0) is 13.8. The maximum absolute atomic E-state index is 11.1. The van der Waals surface area contributed by atoms with E-state index in [1.165, 1.54) is 0 Å². The lowest BCUT2D eigenvalue weighted by Gasteiger charge is -2.11. The SMILES string of the molecule is Cc1c(N)cccc1OCc1cccc(C(N)=O)c1. The van der Waals surface area contributed by atoms with Gasteiger partial charge >= 0.3 is 0 Å². The Hall–Kier alpha value is -2.49. The Morgan fingerprint density at radius 3 is 2.68 bits per heavy atom. The zero-order valence-electron chi connectivity index (χ0n) is 10.7. The Balaban J connectivity index is 2.12. The first kappa shape index (κ1) is 13.0. The van der Waals surface area contributed by atoms with Gasteiger partial charge in [-0.05, 0) is 36.8 Å². The lowest BCUT2D eigenvalue weighted by Crippen LogP contribution is -2.11. The van der Waals surface area contributed by atoms with Crippen LogP contribution in [0.25, 0.3) is 0 Å². The largest absolute Gasteiger partial charge is 0.489 e. The van der Waals surface area contributed by atoms with E-state index in [-0.39, 0.29) is 0 Å². The highest BCUT2D eigenvalue weighted by Gasteiger charge is 2.04. The normalized spacial score (nSPS) is 10.2. The first-order valence-electron chi connectivity index (χ1n) is 5.94. The van der Waals surface area contributed by atoms with E-state index in [1.807, 2.05) is 31.2 Å². The van der Waals surface area contributed by atoms with Crippen molar-refractivity contribution >= 4 is 11.6 Å². The van der Waals surface area contributed by atoms with Gasteiger partial charge in [0.25, 0.3) is 0 Å². The number of carbonyl (C=O) groups is 1. The van der Waals surface area contributed by atoms with Gasteiger partial charge in [0.05, 0.1) is 0 Å². The van der Waals surface area contributed by atoms with Crippen molar-refractivity contribution in [1.29, 1.82) is 0 Å². The molecule has 2 aromatic rings. The van der Waals surface area contributed by atoms with Crippen LogP contribution in [0.5, 0.6) is 5.75 Å². The molecule has 0 unspecified atom stereocenters. The highest BCUT2D eigenvalue weighted by molar-refractivity contribution is 5.92. The Morgan fingerprint density at radius 1 is 1.21 bits per heavy atom. The molecule has 0 aliphatic heterocycles. The van der Waals surface area contributed by atoms with Crippen molar-refractivity contribution < 1.29 is 9.53 Å². The molecule has 4 heteroatoms. The van der Waals surface area contributed by atoms with E-state index in [4.69, 9.17) is 16.2 Å². The van der Waals surface area contributed by atoms with Crippen LogP contribution in [-0.4, -0.2) is 5.91 Å². The molecule has 98 valence electrons. The lowest BCUT2D eigenvalue weighted by atomic mass is 10.1. The van der Waals surface area contributed by atoms with Gasteiger partial charge in [-0.15, -0.1) is 0 Å². The molecular formula is C15H16N2O2. The summed E-state index contributed by atoms with van der Waals surface area (Å²) in [5.74, 6) is 0.298. The van der Waals surface area contributed by atoms with Gasteiger partial charge in [-0.3, -0.25) is 4.79 Å². The molecule has 0 aliphatic carbocycles. The topological polar surface area (TPSA) is 78.3 Å². The van der Waals surface area contributed by atoms with Crippen LogP contribution in [-0.2, 0) is 6.61 Å². The van der Waals surface area contributed by atoms with Crippen LogP contribution in [0.4, 0.5) is 5.69 Å². The molecule has 0 heterocycles. The van der Waals surface area contributed by atoms with Crippen molar-refractivity contribution in [2.75, 3.05) is 5.73 Å². The van der Waals surface area contributed by atoms with Crippen LogP contribution in [0.3, 0.4) is 0 Å². The van der Waals surface area contributed by atoms with Crippen LogP contribution in [0.1, 0.15) is 21.5 Å². The minimum Gasteiger partial charge on any atom is -0.489 e. The van der Waals surface area contributed by atoms with Crippen LogP contribution < -0.4 is 16.2 Å². The van der Waals surface area contributed by atoms with Crippen LogP contribution in [0.2, 0.25) is 0 Å². The number of nitrogens with two attached hydrogens (primary N) is 2. The number of carbonyl (C=O) groups excluding carboxylic acids is 1. The second-order valence-corrected chi connectivity index (χ2v) is 4.32. The highest BCUT2D eigenvalue weighted by Crippen LogP contribution is 2.23. The number of nitrogen functional groups attached to an aromatic ring is 1. The number of rotatable bonds is 4. The van der Waals surface area contributed by atoms with Gasteiger partial charge < -0.3 is 16.2 Å². The highest BCUT2D eigenvalue weighted by atomic mass is 16.5. The maximum Gasteiger partial charge on any atom is 0.248 e. The number of hydrogen-bond acceptors (Lipinski definition) is 3. The molecular weight excluding hydrogens is 240 g/mol. The summed E-state index contributed by atoms with van der Waals surface area (Å²) < 4.78 is 5.71. The van der Waals surface area contributed by atoms with Crippen LogP contribution in [0.15, 0.2) is 42.5 Å². The average Bonchev–Trinajstić information content (AvgIpc) is 2.41. The zero-order valence-corrected chi connectivity index (χ0v) is 10.7. The average molecular weight is 256 g/mol. The number of benzene rings is 2. The number of hydrogen-bond donors (Lipinski definition) is 2. The molecule has 0 radical (unpaired) electrons. The van der Waals surface area contributed by atoms with Crippen molar-refractivity contribution in [3.8, 4) is 5.75 Å². The number of ether oxygens (including phenoxy) is 1. The Labute approximate surface area is 112 Å². The third-order valence-electron chi connectivity index (χ3n) is 2.93. The van der Waals surface area contributed by atoms with E-state index < -0.39 is 5.91 Å². The summed E-state index contributed by atoms with van der Waals surface area (Å²) in [6.07, 6.45) is 0. The van der Waals surface area contributed by atoms with Gasteiger partial charge in [-0.2, -0.15) is 0 Å². The van der Waals surface area contributed by atoms with Gasteiger partial charge in [-0.1, -0.05) is 18.2 Å². The third-order valence-corrected chi connectivity index (χ3v) is 2.93. The second kappa shape index (κ2) is 5.44. The molecule has 0 atom stereocenters. The van der Waals surface area contributed by atoms with E-state index >= 15 is 0 Å². The molecule has 0 aliphatic rings. The Bertz CT molecular complexity index is 609. The van der Waals surface area contributed by atoms with Gasteiger partial charge in [0.2, 0.25) is 5.91 Å². The van der Waals surface area contributed by atoms with Gasteiger partial charge in [-0.25, -0.2) is 0 Å². The summed E-state index contributed by atoms with van der Waals surface area (Å²) in [6, 6.07) is 12.6. The van der Waals surface area contributed by atoms with Gasteiger partial charge in [0, 0.05) is 16.8 Å². The summed E-state index contributed by atoms with van der Waals surface area (Å²) >= 11 is 0. The Morgan fingerprint density at radius 2 is 1.95 bits per heavy atom. The van der Waals surface area contributed by atoms with Crippen LogP contribution >= 0.6 is 0 Å². The van der Waals surface area contributed by atoms with Crippen molar-refractivity contribution in [3.63, 3.8) is 0 Å². The predicted molar refractivity (Wildman–Crippen MR) is 74.9 cm³/mol. The predicted octanol–water partition coefficient (Wildman–Crippen LogP) is 2.26. The number of anilines is 1. The number of primary amides is 1. The standard InChI is InChI=1S/C15H16N2O2/c1-10-13(16)6-3-7-14(10)19-9-11-4-2-5-12(8-11)15(17)18/h2-8H,9,16H2,1H3,(H2,17,18). The van der Waals surface area contributed by atoms with Crippen LogP contribution in [0, 0.1) is 6.92 Å². The maximum atomic E-state index is 11.1. The van der Waals surface area contributed by atoms with E-state index in [1.54, 1.807) is 18.2 Å². The molecule has 2 aromatic carbocycles. The molecule has 0 aromatic heterocycles. The fourth-order valence-electron chi connectivity index (χ4n) is 1.76. The minimum absolute atomic E-state index is 0.366. The van der Waals surface area contributed by atoms with E-state index in [0.717, 1.165) is 16.9 Å². The van der Waals surface area contributed by atoms with Crippen molar-refractivity contribution in [3.05, 3.63) is 59.2 Å². The summed E-state index contributed by atoms with van der Waals surface area (Å²) in [7, 11) is 0. The lowest BCUT2D eigenvalue weighted by molar-refractivity contribution is 0.1000. The summed E-state index contributed by atoms with van der Waals surface area (Å²) in [5.41, 5.74) is 14.0. The quantitative estimate of drug-likeness (QED) is 0.823. The second-order valence-electron chi connectivity index (χ2n) is 4.32. The van der Waals surface area contributed by atoms with Crippen molar-refractivity contribution in [1.82, 2.24) is 0 Å². The molecule has 2 rings (SSSR count). The molecule has 0 spiro atoms. The van der Waals surface area contributed by atoms with Gasteiger partial charge in [0.15, 0.2) is 0 Å². The van der Waals surface area contributed by atoms with Gasteiger partial charge in [0.1, 0.15) is 12.4 Å². The fraction of sp³-hybridized carbons (Fsp3) is 0.133. The summed E-state index contributed by atoms with van der Waals surface area (Å²) in [5, 5.41) is 0. The monoisotopic (exact) mass is 256 g/mol. The fourth-order valence-corrected chi connectivity index (χ4v) is 1.76. The first-order valence-corrected chi connectivity index (χ1v) is 5.94. The number of amides is 1. The molecule has 0 bridgehead atoms. The van der Waals surface area contributed by atoms with E-state index in [2.05, 4.69) is 0 Å². The summed E-state index contributed by atoms with van der Waals surface area (Å²) in [4.78, 5) is 11.1. The van der Waals surface area contributed by atoms with E-state index in [9.17, 15) is 4.79 Å². The van der Waals surface area contributed by atoms with E-state index in [0.29, 0.717) is 17.9 Å². The molecule has 4 N–H and O–H groups in total. The molecule has 1 amide bonds.